The van der Waals surface area contributed by atoms with Crippen LogP contribution in [-0.2, 0) is 0 Å². The minimum Gasteiger partial charge on any atom is -0.371 e. The maximum atomic E-state index is 12.7. The van der Waals surface area contributed by atoms with E-state index in [1.165, 1.54) is 18.5 Å². The Morgan fingerprint density at radius 1 is 1.12 bits per heavy atom. The topological polar surface area (TPSA) is 45.2 Å². The van der Waals surface area contributed by atoms with Gasteiger partial charge in [0.05, 0.1) is 0 Å². The van der Waals surface area contributed by atoms with Crippen LogP contribution in [0.15, 0.2) is 53.9 Å². The fourth-order valence-electron chi connectivity index (χ4n) is 3.24. The number of rotatable bonds is 4. The minimum atomic E-state index is -0.0984. The minimum absolute atomic E-state index is 0.0984. The predicted octanol–water partition coefficient (Wildman–Crippen LogP) is 4.97. The maximum absolute atomic E-state index is 12.7. The number of aryl methyl sites for hydroxylation is 1. The van der Waals surface area contributed by atoms with Crippen LogP contribution in [0.25, 0.3) is 10.6 Å². The number of hydrogen-bond acceptors (Lipinski definition) is 4. The second-order valence-corrected chi connectivity index (χ2v) is 7.43. The van der Waals surface area contributed by atoms with Crippen molar-refractivity contribution >= 4 is 28.6 Å². The average molecular weight is 363 g/mol. The molecule has 0 aliphatic carbocycles. The summed E-state index contributed by atoms with van der Waals surface area (Å²) in [7, 11) is 0. The monoisotopic (exact) mass is 363 g/mol. The summed E-state index contributed by atoms with van der Waals surface area (Å²) in [6.45, 7) is 4.16. The van der Waals surface area contributed by atoms with Crippen LogP contribution < -0.4 is 10.2 Å². The van der Waals surface area contributed by atoms with E-state index in [1.54, 1.807) is 11.3 Å². The third kappa shape index (κ3) is 3.63. The van der Waals surface area contributed by atoms with Crippen LogP contribution in [0.2, 0.25) is 0 Å². The summed E-state index contributed by atoms with van der Waals surface area (Å²) in [5.41, 5.74) is 4.62. The summed E-state index contributed by atoms with van der Waals surface area (Å²) in [6, 6.07) is 15.7. The van der Waals surface area contributed by atoms with Crippen molar-refractivity contribution in [1.82, 2.24) is 4.98 Å². The Morgan fingerprint density at radius 2 is 1.92 bits per heavy atom. The highest BCUT2D eigenvalue weighted by molar-refractivity contribution is 7.13. The molecule has 0 bridgehead atoms. The molecule has 1 amide bonds. The van der Waals surface area contributed by atoms with Crippen LogP contribution in [0.3, 0.4) is 0 Å². The van der Waals surface area contributed by atoms with Crippen molar-refractivity contribution < 1.29 is 4.79 Å². The molecule has 3 aromatic rings. The van der Waals surface area contributed by atoms with Crippen molar-refractivity contribution in [1.29, 1.82) is 0 Å². The molecule has 0 radical (unpaired) electrons. The SMILES string of the molecule is Cc1csc(-c2cccc(C(=O)Nc3cccc(N4CCCC4)c3)c2)n1. The van der Waals surface area contributed by atoms with Crippen LogP contribution in [-0.4, -0.2) is 24.0 Å². The van der Waals surface area contributed by atoms with E-state index in [9.17, 15) is 4.79 Å². The van der Waals surface area contributed by atoms with Gasteiger partial charge in [0.1, 0.15) is 5.01 Å². The van der Waals surface area contributed by atoms with E-state index in [4.69, 9.17) is 0 Å². The molecule has 1 aliphatic rings. The molecule has 1 fully saturated rings. The number of amides is 1. The number of anilines is 2. The first-order valence-electron chi connectivity index (χ1n) is 8.88. The standard InChI is InChI=1S/C21H21N3OS/c1-15-14-26-21(22-15)17-7-4-6-16(12-17)20(25)23-18-8-5-9-19(13-18)24-10-2-3-11-24/h4-9,12-14H,2-3,10-11H2,1H3,(H,23,25). The van der Waals surface area contributed by atoms with Crippen molar-refractivity contribution in [2.24, 2.45) is 0 Å². The Bertz CT molecular complexity index is 928. The van der Waals surface area contributed by atoms with Gasteiger partial charge in [0.2, 0.25) is 0 Å². The van der Waals surface area contributed by atoms with E-state index < -0.39 is 0 Å². The first kappa shape index (κ1) is 16.8. The van der Waals surface area contributed by atoms with E-state index in [-0.39, 0.29) is 5.91 Å². The van der Waals surface area contributed by atoms with Gasteiger partial charge in [-0.2, -0.15) is 0 Å². The molecule has 2 aromatic carbocycles. The highest BCUT2D eigenvalue weighted by Crippen LogP contribution is 2.26. The Kier molecular flexibility index (Phi) is 4.71. The van der Waals surface area contributed by atoms with Gasteiger partial charge in [-0.15, -0.1) is 11.3 Å². The third-order valence-corrected chi connectivity index (χ3v) is 5.58. The molecule has 26 heavy (non-hydrogen) atoms. The molecule has 1 aromatic heterocycles. The van der Waals surface area contributed by atoms with Gasteiger partial charge in [-0.3, -0.25) is 4.79 Å². The molecule has 0 spiro atoms. The molecular formula is C21H21N3OS. The van der Waals surface area contributed by atoms with E-state index in [1.807, 2.05) is 48.7 Å². The molecule has 0 saturated carbocycles. The second kappa shape index (κ2) is 7.30. The predicted molar refractivity (Wildman–Crippen MR) is 108 cm³/mol. The van der Waals surface area contributed by atoms with Gasteiger partial charge in [-0.25, -0.2) is 4.98 Å². The average Bonchev–Trinajstić information content (AvgIpc) is 3.34. The Hall–Kier alpha value is -2.66. The molecule has 1 saturated heterocycles. The summed E-state index contributed by atoms with van der Waals surface area (Å²) in [5.74, 6) is -0.0984. The lowest BCUT2D eigenvalue weighted by molar-refractivity contribution is 0.102. The van der Waals surface area contributed by atoms with Crippen LogP contribution in [0.5, 0.6) is 0 Å². The van der Waals surface area contributed by atoms with E-state index >= 15 is 0 Å². The van der Waals surface area contributed by atoms with Crippen LogP contribution in [0.4, 0.5) is 11.4 Å². The molecule has 4 nitrogen and oxygen atoms in total. The zero-order valence-corrected chi connectivity index (χ0v) is 15.6. The summed E-state index contributed by atoms with van der Waals surface area (Å²) in [5, 5.41) is 5.98. The fourth-order valence-corrected chi connectivity index (χ4v) is 4.03. The smallest absolute Gasteiger partial charge is 0.255 e. The van der Waals surface area contributed by atoms with Gasteiger partial charge in [0.25, 0.3) is 5.91 Å². The molecule has 0 atom stereocenters. The van der Waals surface area contributed by atoms with Crippen molar-refractivity contribution in [3.63, 3.8) is 0 Å². The van der Waals surface area contributed by atoms with Gasteiger partial charge < -0.3 is 10.2 Å². The van der Waals surface area contributed by atoms with Crippen LogP contribution in [0.1, 0.15) is 28.9 Å². The number of nitrogens with one attached hydrogen (secondary N) is 1. The number of hydrogen-bond donors (Lipinski definition) is 1. The van der Waals surface area contributed by atoms with Gasteiger partial charge in [-0.05, 0) is 50.1 Å². The lowest BCUT2D eigenvalue weighted by atomic mass is 10.1. The largest absolute Gasteiger partial charge is 0.371 e. The Labute approximate surface area is 157 Å². The normalized spacial score (nSPS) is 13.8. The second-order valence-electron chi connectivity index (χ2n) is 6.57. The molecular weight excluding hydrogens is 342 g/mol. The number of nitrogens with zero attached hydrogens (tertiary/aromatic N) is 2. The summed E-state index contributed by atoms with van der Waals surface area (Å²) < 4.78 is 0. The van der Waals surface area contributed by atoms with E-state index in [2.05, 4.69) is 27.3 Å². The van der Waals surface area contributed by atoms with E-state index in [0.717, 1.165) is 35.0 Å². The molecule has 2 heterocycles. The lowest BCUT2D eigenvalue weighted by Gasteiger charge is -2.18. The van der Waals surface area contributed by atoms with E-state index in [0.29, 0.717) is 5.56 Å². The van der Waals surface area contributed by atoms with Crippen LogP contribution >= 0.6 is 11.3 Å². The quantitative estimate of drug-likeness (QED) is 0.712. The highest BCUT2D eigenvalue weighted by atomic mass is 32.1. The number of carbonyl (C=O) groups is 1. The lowest BCUT2D eigenvalue weighted by Crippen LogP contribution is -2.18. The molecule has 5 heteroatoms. The van der Waals surface area contributed by atoms with Gasteiger partial charge in [0.15, 0.2) is 0 Å². The van der Waals surface area contributed by atoms with Crippen molar-refractivity contribution in [3.05, 3.63) is 65.2 Å². The van der Waals surface area contributed by atoms with Crippen molar-refractivity contribution in [2.45, 2.75) is 19.8 Å². The third-order valence-electron chi connectivity index (χ3n) is 4.57. The summed E-state index contributed by atoms with van der Waals surface area (Å²) in [4.78, 5) is 19.6. The summed E-state index contributed by atoms with van der Waals surface area (Å²) >= 11 is 1.59. The molecule has 1 N–H and O–H groups in total. The molecule has 1 aliphatic heterocycles. The zero-order valence-electron chi connectivity index (χ0n) is 14.7. The zero-order chi connectivity index (χ0) is 17.9. The van der Waals surface area contributed by atoms with Crippen molar-refractivity contribution in [3.8, 4) is 10.6 Å². The maximum Gasteiger partial charge on any atom is 0.255 e. The van der Waals surface area contributed by atoms with Gasteiger partial charge in [0, 0.05) is 46.7 Å². The number of carbonyl (C=O) groups excluding carboxylic acids is 1. The molecule has 4 rings (SSSR count). The highest BCUT2D eigenvalue weighted by Gasteiger charge is 2.14. The van der Waals surface area contributed by atoms with Crippen molar-refractivity contribution in [2.75, 3.05) is 23.3 Å². The first-order valence-corrected chi connectivity index (χ1v) is 9.76. The number of benzene rings is 2. The van der Waals surface area contributed by atoms with Gasteiger partial charge in [-0.1, -0.05) is 18.2 Å². The van der Waals surface area contributed by atoms with Crippen LogP contribution in [0, 0.1) is 6.92 Å². The number of thiazole rings is 1. The molecule has 132 valence electrons. The fraction of sp³-hybridized carbons (Fsp3) is 0.238. The Morgan fingerprint density at radius 3 is 2.69 bits per heavy atom. The van der Waals surface area contributed by atoms with Gasteiger partial charge >= 0.3 is 0 Å². The first-order chi connectivity index (χ1) is 12.7. The summed E-state index contributed by atoms with van der Waals surface area (Å²) in [6.07, 6.45) is 2.47. The number of aromatic nitrogens is 1. The Balaban J connectivity index is 1.52. The molecule has 0 unspecified atom stereocenters.